The van der Waals surface area contributed by atoms with E-state index in [0.29, 0.717) is 17.0 Å². The number of nitrogens with one attached hydrogen (secondary N) is 2. The number of carbonyl (C=O) groups is 1. The Labute approximate surface area is 160 Å². The highest BCUT2D eigenvalue weighted by atomic mass is 32.2. The molecular formula is C19H25N3O4S. The molecule has 2 aromatic carbocycles. The number of nitrogens with two attached hydrogens (primary N) is 1. The lowest BCUT2D eigenvalue weighted by Gasteiger charge is -2.21. The van der Waals surface area contributed by atoms with Crippen molar-refractivity contribution in [3.05, 3.63) is 53.6 Å². The fraction of sp³-hybridized carbons (Fsp3) is 0.316. The fourth-order valence-corrected chi connectivity index (χ4v) is 3.25. The van der Waals surface area contributed by atoms with Crippen LogP contribution in [0.4, 0.5) is 10.5 Å². The molecule has 2 rings (SSSR count). The lowest BCUT2D eigenvalue weighted by molar-refractivity contribution is 0.131. The lowest BCUT2D eigenvalue weighted by Crippen LogP contribution is -2.28. The molecule has 0 aliphatic carbocycles. The first-order chi connectivity index (χ1) is 12.4. The van der Waals surface area contributed by atoms with E-state index in [9.17, 15) is 13.2 Å². The van der Waals surface area contributed by atoms with Gasteiger partial charge in [0.05, 0.1) is 4.90 Å². The van der Waals surface area contributed by atoms with Crippen LogP contribution in [0.5, 0.6) is 5.75 Å². The molecule has 0 spiro atoms. The number of hydrogen-bond acceptors (Lipinski definition) is 4. The summed E-state index contributed by atoms with van der Waals surface area (Å²) >= 11 is 0. The number of primary sulfonamides is 1. The zero-order chi connectivity index (χ0) is 20.2. The van der Waals surface area contributed by atoms with Crippen molar-refractivity contribution in [1.29, 1.82) is 0 Å². The number of hydrogen-bond donors (Lipinski definition) is 3. The summed E-state index contributed by atoms with van der Waals surface area (Å²) in [5.74, 6) is 0.662. The number of aryl methyl sites for hydroxylation is 1. The van der Waals surface area contributed by atoms with Gasteiger partial charge in [-0.1, -0.05) is 18.2 Å². The summed E-state index contributed by atoms with van der Waals surface area (Å²) in [6.45, 7) is 7.74. The summed E-state index contributed by atoms with van der Waals surface area (Å²) in [6, 6.07) is 11.5. The van der Waals surface area contributed by atoms with Crippen LogP contribution >= 0.6 is 0 Å². The van der Waals surface area contributed by atoms with Gasteiger partial charge < -0.3 is 15.4 Å². The topological polar surface area (TPSA) is 111 Å². The van der Waals surface area contributed by atoms with Gasteiger partial charge in [0.2, 0.25) is 10.0 Å². The van der Waals surface area contributed by atoms with Crippen LogP contribution in [0.15, 0.2) is 47.4 Å². The van der Waals surface area contributed by atoms with Crippen molar-refractivity contribution in [2.75, 3.05) is 5.32 Å². The third kappa shape index (κ3) is 6.58. The number of anilines is 1. The monoisotopic (exact) mass is 391 g/mol. The van der Waals surface area contributed by atoms with E-state index in [1.165, 1.54) is 6.07 Å². The Morgan fingerprint density at radius 3 is 2.44 bits per heavy atom. The molecule has 7 nitrogen and oxygen atoms in total. The smallest absolute Gasteiger partial charge is 0.319 e. The number of rotatable bonds is 5. The average molecular weight is 391 g/mol. The van der Waals surface area contributed by atoms with Gasteiger partial charge in [0.15, 0.2) is 0 Å². The Morgan fingerprint density at radius 1 is 1.15 bits per heavy atom. The number of benzene rings is 2. The molecule has 0 unspecified atom stereocenters. The quantitative estimate of drug-likeness (QED) is 0.727. The van der Waals surface area contributed by atoms with Gasteiger partial charge in [0.1, 0.15) is 11.4 Å². The van der Waals surface area contributed by atoms with E-state index in [4.69, 9.17) is 9.88 Å². The summed E-state index contributed by atoms with van der Waals surface area (Å²) in [6.07, 6.45) is 0. The molecule has 27 heavy (non-hydrogen) atoms. The summed E-state index contributed by atoms with van der Waals surface area (Å²) in [5.41, 5.74) is 1.57. The van der Waals surface area contributed by atoms with Gasteiger partial charge in [-0.15, -0.1) is 0 Å². The van der Waals surface area contributed by atoms with Gasteiger partial charge in [0.25, 0.3) is 0 Å². The third-order valence-corrected chi connectivity index (χ3v) is 4.59. The van der Waals surface area contributed by atoms with E-state index in [2.05, 4.69) is 10.6 Å². The molecule has 0 fully saturated rings. The Hall–Kier alpha value is -2.58. The molecule has 0 aromatic heterocycles. The molecule has 0 saturated carbocycles. The minimum absolute atomic E-state index is 0.0753. The molecule has 146 valence electrons. The van der Waals surface area contributed by atoms with Gasteiger partial charge in [-0.3, -0.25) is 0 Å². The average Bonchev–Trinajstić information content (AvgIpc) is 2.50. The van der Waals surface area contributed by atoms with Crippen molar-refractivity contribution in [2.45, 2.75) is 44.7 Å². The molecule has 0 atom stereocenters. The predicted molar refractivity (Wildman–Crippen MR) is 105 cm³/mol. The predicted octanol–water partition coefficient (Wildman–Crippen LogP) is 3.14. The van der Waals surface area contributed by atoms with Crippen LogP contribution in [-0.2, 0) is 16.6 Å². The second kappa shape index (κ2) is 7.98. The molecule has 0 bridgehead atoms. The van der Waals surface area contributed by atoms with E-state index in [1.54, 1.807) is 37.3 Å². The summed E-state index contributed by atoms with van der Waals surface area (Å²) < 4.78 is 28.6. The molecule has 0 aliphatic heterocycles. The Kier molecular flexibility index (Phi) is 6.12. The molecule has 2 amide bonds. The van der Waals surface area contributed by atoms with Gasteiger partial charge in [-0.05, 0) is 57.0 Å². The van der Waals surface area contributed by atoms with Crippen LogP contribution in [0.1, 0.15) is 31.9 Å². The van der Waals surface area contributed by atoms with Crippen LogP contribution in [-0.4, -0.2) is 20.0 Å². The van der Waals surface area contributed by atoms with Crippen LogP contribution in [0.2, 0.25) is 0 Å². The molecule has 0 saturated heterocycles. The maximum atomic E-state index is 12.1. The highest BCUT2D eigenvalue weighted by Crippen LogP contribution is 2.22. The maximum absolute atomic E-state index is 12.1. The van der Waals surface area contributed by atoms with Crippen molar-refractivity contribution < 1.29 is 17.9 Å². The number of amides is 2. The van der Waals surface area contributed by atoms with Crippen molar-refractivity contribution in [1.82, 2.24) is 5.32 Å². The zero-order valence-electron chi connectivity index (χ0n) is 15.9. The van der Waals surface area contributed by atoms with Crippen molar-refractivity contribution in [3.63, 3.8) is 0 Å². The molecule has 8 heteroatoms. The van der Waals surface area contributed by atoms with Crippen LogP contribution in [0.25, 0.3) is 0 Å². The third-order valence-electron chi connectivity index (χ3n) is 3.51. The zero-order valence-corrected chi connectivity index (χ0v) is 16.7. The number of sulfonamides is 1. The van der Waals surface area contributed by atoms with E-state index in [-0.39, 0.29) is 23.1 Å². The maximum Gasteiger partial charge on any atom is 0.319 e. The van der Waals surface area contributed by atoms with Gasteiger partial charge >= 0.3 is 6.03 Å². The van der Waals surface area contributed by atoms with E-state index in [0.717, 1.165) is 5.56 Å². The van der Waals surface area contributed by atoms with Crippen LogP contribution in [0, 0.1) is 6.92 Å². The molecule has 0 heterocycles. The number of urea groups is 1. The Bertz CT molecular complexity index is 934. The molecular weight excluding hydrogens is 366 g/mol. The normalized spacial score (nSPS) is 11.7. The second-order valence-corrected chi connectivity index (χ2v) is 8.72. The van der Waals surface area contributed by atoms with Crippen molar-refractivity contribution in [3.8, 4) is 5.75 Å². The van der Waals surface area contributed by atoms with Crippen molar-refractivity contribution in [2.24, 2.45) is 5.14 Å². The van der Waals surface area contributed by atoms with Gasteiger partial charge in [-0.2, -0.15) is 0 Å². The molecule has 0 radical (unpaired) electrons. The minimum Gasteiger partial charge on any atom is -0.488 e. The first-order valence-corrected chi connectivity index (χ1v) is 9.95. The molecule has 2 aromatic rings. The highest BCUT2D eigenvalue weighted by Gasteiger charge is 2.13. The van der Waals surface area contributed by atoms with Gasteiger partial charge in [-0.25, -0.2) is 18.4 Å². The largest absolute Gasteiger partial charge is 0.488 e. The summed E-state index contributed by atoms with van der Waals surface area (Å²) in [7, 11) is -3.75. The standard InChI is InChI=1S/C19H25N3O4S/c1-13-10-14(8-9-17(13)27(20,24)25)12-21-18(23)22-15-6-5-7-16(11-15)26-19(2,3)4/h5-11H,12H2,1-4H3,(H2,20,24,25)(H2,21,22,23). The molecule has 4 N–H and O–H groups in total. The summed E-state index contributed by atoms with van der Waals surface area (Å²) in [5, 5.41) is 10.6. The van der Waals surface area contributed by atoms with E-state index in [1.807, 2.05) is 26.8 Å². The fourth-order valence-electron chi connectivity index (χ4n) is 2.49. The second-order valence-electron chi connectivity index (χ2n) is 7.19. The first kappa shape index (κ1) is 20.7. The first-order valence-electron chi connectivity index (χ1n) is 8.40. The highest BCUT2D eigenvalue weighted by molar-refractivity contribution is 7.89. The lowest BCUT2D eigenvalue weighted by atomic mass is 10.1. The SMILES string of the molecule is Cc1cc(CNC(=O)Nc2cccc(OC(C)(C)C)c2)ccc1S(N)(=O)=O. The van der Waals surface area contributed by atoms with Crippen LogP contribution < -0.4 is 20.5 Å². The summed E-state index contributed by atoms with van der Waals surface area (Å²) in [4.78, 5) is 12.2. The molecule has 0 aliphatic rings. The van der Waals surface area contributed by atoms with Crippen molar-refractivity contribution >= 4 is 21.7 Å². The van der Waals surface area contributed by atoms with Crippen LogP contribution in [0.3, 0.4) is 0 Å². The Morgan fingerprint density at radius 2 is 1.85 bits per heavy atom. The number of ether oxygens (including phenoxy) is 1. The van der Waals surface area contributed by atoms with E-state index < -0.39 is 10.0 Å². The Balaban J connectivity index is 1.97. The van der Waals surface area contributed by atoms with Gasteiger partial charge in [0, 0.05) is 18.3 Å². The minimum atomic E-state index is -3.75. The van der Waals surface area contributed by atoms with E-state index >= 15 is 0 Å². The number of carbonyl (C=O) groups excluding carboxylic acids is 1.